The number of anilines is 4. The zero-order valence-corrected chi connectivity index (χ0v) is 16.1. The summed E-state index contributed by atoms with van der Waals surface area (Å²) in [6.45, 7) is 4.20. The lowest BCUT2D eigenvalue weighted by atomic mass is 10.1. The average molecular weight is 408 g/mol. The number of benzene rings is 2. The van der Waals surface area contributed by atoms with Crippen LogP contribution in [0.1, 0.15) is 23.6 Å². The van der Waals surface area contributed by atoms with Crippen LogP contribution in [0.2, 0.25) is 0 Å². The van der Waals surface area contributed by atoms with Gasteiger partial charge in [-0.25, -0.2) is 4.98 Å². The summed E-state index contributed by atoms with van der Waals surface area (Å²) < 4.78 is 1.07. The minimum absolute atomic E-state index is 0.493. The molecule has 3 aromatic rings. The highest BCUT2D eigenvalue weighted by Crippen LogP contribution is 2.29. The third kappa shape index (κ3) is 4.19. The third-order valence-corrected chi connectivity index (χ3v) is 4.40. The summed E-state index contributed by atoms with van der Waals surface area (Å²) >= 11 is 3.55. The van der Waals surface area contributed by atoms with Gasteiger partial charge in [0.05, 0.1) is 11.6 Å². The van der Waals surface area contributed by atoms with E-state index in [1.54, 1.807) is 18.3 Å². The fourth-order valence-corrected chi connectivity index (χ4v) is 3.26. The largest absolute Gasteiger partial charge is 0.340 e. The fraction of sp³-hybridized carbons (Fsp3) is 0.150. The molecule has 130 valence electrons. The van der Waals surface area contributed by atoms with E-state index in [1.807, 2.05) is 18.2 Å². The highest BCUT2D eigenvalue weighted by molar-refractivity contribution is 9.10. The molecule has 5 nitrogen and oxygen atoms in total. The van der Waals surface area contributed by atoms with Crippen LogP contribution in [0.25, 0.3) is 0 Å². The van der Waals surface area contributed by atoms with Crippen molar-refractivity contribution in [1.29, 1.82) is 5.26 Å². The molecule has 0 radical (unpaired) electrons. The molecule has 3 rings (SSSR count). The molecule has 26 heavy (non-hydrogen) atoms. The summed E-state index contributed by atoms with van der Waals surface area (Å²) in [5.41, 5.74) is 4.88. The van der Waals surface area contributed by atoms with Crippen molar-refractivity contribution < 1.29 is 0 Å². The van der Waals surface area contributed by atoms with Gasteiger partial charge in [-0.1, -0.05) is 22.9 Å². The normalized spacial score (nSPS) is 10.2. The Morgan fingerprint density at radius 3 is 2.58 bits per heavy atom. The monoisotopic (exact) mass is 407 g/mol. The highest BCUT2D eigenvalue weighted by atomic mass is 79.9. The van der Waals surface area contributed by atoms with Crippen molar-refractivity contribution in [3.63, 3.8) is 0 Å². The average Bonchev–Trinajstić information content (AvgIpc) is 2.64. The van der Waals surface area contributed by atoms with Gasteiger partial charge in [-0.3, -0.25) is 0 Å². The lowest BCUT2D eigenvalue weighted by molar-refractivity contribution is 1.12. The molecular formula is C20H18BrN5. The number of aryl methyl sites for hydroxylation is 2. The van der Waals surface area contributed by atoms with Gasteiger partial charge in [0.1, 0.15) is 5.82 Å². The molecule has 0 aliphatic rings. The molecule has 0 amide bonds. The van der Waals surface area contributed by atoms with Gasteiger partial charge in [0.25, 0.3) is 0 Å². The first-order valence-electron chi connectivity index (χ1n) is 8.25. The predicted molar refractivity (Wildman–Crippen MR) is 108 cm³/mol. The summed E-state index contributed by atoms with van der Waals surface area (Å²) in [6.07, 6.45) is 2.63. The summed E-state index contributed by atoms with van der Waals surface area (Å²) in [6, 6.07) is 15.3. The first-order valence-corrected chi connectivity index (χ1v) is 9.04. The van der Waals surface area contributed by atoms with Crippen LogP contribution in [0.3, 0.4) is 0 Å². The van der Waals surface area contributed by atoms with Gasteiger partial charge < -0.3 is 10.6 Å². The second-order valence-electron chi connectivity index (χ2n) is 5.82. The molecule has 2 N–H and O–H groups in total. The van der Waals surface area contributed by atoms with Crippen molar-refractivity contribution in [2.75, 3.05) is 10.6 Å². The van der Waals surface area contributed by atoms with Gasteiger partial charge in [-0.15, -0.1) is 0 Å². The second-order valence-corrected chi connectivity index (χ2v) is 6.73. The second kappa shape index (κ2) is 7.98. The van der Waals surface area contributed by atoms with Gasteiger partial charge in [-0.2, -0.15) is 10.2 Å². The number of halogens is 1. The first-order chi connectivity index (χ1) is 12.6. The molecule has 0 fully saturated rings. The number of hydrogen-bond donors (Lipinski definition) is 2. The van der Waals surface area contributed by atoms with E-state index in [1.165, 1.54) is 5.56 Å². The van der Waals surface area contributed by atoms with Crippen molar-refractivity contribution in [1.82, 2.24) is 9.97 Å². The Kier molecular flexibility index (Phi) is 5.49. The van der Waals surface area contributed by atoms with Crippen LogP contribution < -0.4 is 10.6 Å². The topological polar surface area (TPSA) is 73.6 Å². The molecule has 0 aliphatic carbocycles. The molecule has 0 aliphatic heterocycles. The maximum absolute atomic E-state index is 8.87. The standard InChI is InChI=1S/C20H18BrN5/c1-3-15-11-16(21)10-13(2)19(15)25-18-8-9-23-20(26-18)24-17-6-4-14(12-22)5-7-17/h4-11H,3H2,1-2H3,(H2,23,24,25,26). The van der Waals surface area contributed by atoms with Crippen molar-refractivity contribution in [2.45, 2.75) is 20.3 Å². The minimum Gasteiger partial charge on any atom is -0.340 e. The molecule has 0 saturated carbocycles. The van der Waals surface area contributed by atoms with Crippen LogP contribution in [0.15, 0.2) is 53.1 Å². The van der Waals surface area contributed by atoms with Crippen LogP contribution in [0.4, 0.5) is 23.1 Å². The molecule has 0 atom stereocenters. The van der Waals surface area contributed by atoms with E-state index >= 15 is 0 Å². The van der Waals surface area contributed by atoms with E-state index in [4.69, 9.17) is 5.26 Å². The van der Waals surface area contributed by atoms with Crippen molar-refractivity contribution in [2.24, 2.45) is 0 Å². The smallest absolute Gasteiger partial charge is 0.229 e. The van der Waals surface area contributed by atoms with Gasteiger partial charge in [0.2, 0.25) is 5.95 Å². The number of aromatic nitrogens is 2. The zero-order chi connectivity index (χ0) is 18.5. The zero-order valence-electron chi connectivity index (χ0n) is 14.5. The Labute approximate surface area is 161 Å². The Morgan fingerprint density at radius 2 is 1.88 bits per heavy atom. The molecule has 1 heterocycles. The summed E-state index contributed by atoms with van der Waals surface area (Å²) in [4.78, 5) is 8.80. The van der Waals surface area contributed by atoms with E-state index in [2.05, 4.69) is 68.6 Å². The fourth-order valence-electron chi connectivity index (χ4n) is 2.64. The van der Waals surface area contributed by atoms with Crippen LogP contribution in [0, 0.1) is 18.3 Å². The summed E-state index contributed by atoms with van der Waals surface area (Å²) in [5.74, 6) is 1.21. The molecule has 6 heteroatoms. The maximum atomic E-state index is 8.87. The molecule has 1 aromatic heterocycles. The Bertz CT molecular complexity index is 961. The van der Waals surface area contributed by atoms with Crippen LogP contribution in [-0.4, -0.2) is 9.97 Å². The molecule has 0 saturated heterocycles. The number of nitrogens with one attached hydrogen (secondary N) is 2. The van der Waals surface area contributed by atoms with Gasteiger partial charge in [-0.05, 0) is 66.9 Å². The van der Waals surface area contributed by atoms with Crippen LogP contribution in [0.5, 0.6) is 0 Å². The van der Waals surface area contributed by atoms with E-state index in [-0.39, 0.29) is 0 Å². The lowest BCUT2D eigenvalue weighted by Gasteiger charge is -2.15. The van der Waals surface area contributed by atoms with Gasteiger partial charge >= 0.3 is 0 Å². The molecule has 0 unspecified atom stereocenters. The van der Waals surface area contributed by atoms with Crippen molar-refractivity contribution >= 4 is 39.1 Å². The quantitative estimate of drug-likeness (QED) is 0.586. The maximum Gasteiger partial charge on any atom is 0.229 e. The molecule has 2 aromatic carbocycles. The number of rotatable bonds is 5. The molecular weight excluding hydrogens is 390 g/mol. The highest BCUT2D eigenvalue weighted by Gasteiger charge is 2.08. The van der Waals surface area contributed by atoms with E-state index in [9.17, 15) is 0 Å². The van der Waals surface area contributed by atoms with Crippen LogP contribution >= 0.6 is 15.9 Å². The van der Waals surface area contributed by atoms with Crippen molar-refractivity contribution in [3.05, 3.63) is 69.8 Å². The first kappa shape index (κ1) is 17.9. The SMILES string of the molecule is CCc1cc(Br)cc(C)c1Nc1ccnc(Nc2ccc(C#N)cc2)n1. The summed E-state index contributed by atoms with van der Waals surface area (Å²) in [7, 11) is 0. The van der Waals surface area contributed by atoms with Crippen LogP contribution in [-0.2, 0) is 6.42 Å². The number of nitriles is 1. The van der Waals surface area contributed by atoms with E-state index < -0.39 is 0 Å². The molecule has 0 bridgehead atoms. The Hall–Kier alpha value is -2.91. The predicted octanol–water partition coefficient (Wildman–Crippen LogP) is 5.47. The van der Waals surface area contributed by atoms with Gasteiger partial charge in [0.15, 0.2) is 0 Å². The third-order valence-electron chi connectivity index (χ3n) is 3.94. The van der Waals surface area contributed by atoms with E-state index in [0.717, 1.165) is 33.6 Å². The number of hydrogen-bond acceptors (Lipinski definition) is 5. The lowest BCUT2D eigenvalue weighted by Crippen LogP contribution is -2.03. The Balaban J connectivity index is 1.83. The Morgan fingerprint density at radius 1 is 1.12 bits per heavy atom. The van der Waals surface area contributed by atoms with E-state index in [0.29, 0.717) is 11.5 Å². The van der Waals surface area contributed by atoms with Crippen molar-refractivity contribution in [3.8, 4) is 6.07 Å². The number of nitrogens with zero attached hydrogens (tertiary/aromatic N) is 3. The molecule has 0 spiro atoms. The van der Waals surface area contributed by atoms with Gasteiger partial charge in [0, 0.05) is 22.0 Å². The summed E-state index contributed by atoms with van der Waals surface area (Å²) in [5, 5.41) is 15.4. The minimum atomic E-state index is 0.493.